The van der Waals surface area contributed by atoms with Crippen molar-refractivity contribution in [3.05, 3.63) is 65.0 Å². The summed E-state index contributed by atoms with van der Waals surface area (Å²) in [6, 6.07) is 12.8. The van der Waals surface area contributed by atoms with Crippen LogP contribution in [0.1, 0.15) is 28.4 Å². The summed E-state index contributed by atoms with van der Waals surface area (Å²) in [5.74, 6) is -0.372. The number of halogens is 1. The van der Waals surface area contributed by atoms with Crippen LogP contribution in [-0.2, 0) is 6.61 Å². The minimum Gasteiger partial charge on any atom is -0.488 e. The van der Waals surface area contributed by atoms with Crippen LogP contribution in [0.5, 0.6) is 5.75 Å². The Kier molecular flexibility index (Phi) is 4.11. The highest BCUT2D eigenvalue weighted by molar-refractivity contribution is 5.96. The van der Waals surface area contributed by atoms with Crippen molar-refractivity contribution in [1.82, 2.24) is 0 Å². The molecule has 0 aliphatic heterocycles. The Bertz CT molecular complexity index is 672. The van der Waals surface area contributed by atoms with Gasteiger partial charge in [0.1, 0.15) is 18.2 Å². The summed E-state index contributed by atoms with van der Waals surface area (Å²) in [6.07, 6.45) is 0. The van der Waals surface area contributed by atoms with Crippen molar-refractivity contribution in [2.45, 2.75) is 13.5 Å². The van der Waals surface area contributed by atoms with Crippen LogP contribution in [0.4, 0.5) is 4.39 Å². The van der Waals surface area contributed by atoms with Crippen molar-refractivity contribution >= 4 is 5.78 Å². The highest BCUT2D eigenvalue weighted by Gasteiger charge is 2.10. The molecule has 0 heterocycles. The van der Waals surface area contributed by atoms with Gasteiger partial charge in [0.05, 0.1) is 17.2 Å². The Balaban J connectivity index is 2.14. The molecule has 4 heteroatoms. The molecule has 0 amide bonds. The third-order valence-electron chi connectivity index (χ3n) is 2.80. The average Bonchev–Trinajstić information content (AvgIpc) is 2.46. The molecule has 0 radical (unpaired) electrons. The predicted octanol–water partition coefficient (Wildman–Crippen LogP) is 3.48. The highest BCUT2D eigenvalue weighted by atomic mass is 19.1. The van der Waals surface area contributed by atoms with Crippen LogP contribution in [0.2, 0.25) is 0 Å². The summed E-state index contributed by atoms with van der Waals surface area (Å²) in [5.41, 5.74) is 1.65. The number of carbonyl (C=O) groups is 1. The number of hydrogen-bond donors (Lipinski definition) is 0. The van der Waals surface area contributed by atoms with Crippen LogP contribution >= 0.6 is 0 Å². The molecule has 0 unspecified atom stereocenters. The summed E-state index contributed by atoms with van der Waals surface area (Å²) in [6.45, 7) is 1.61. The summed E-state index contributed by atoms with van der Waals surface area (Å²) in [4.78, 5) is 11.4. The van der Waals surface area contributed by atoms with Gasteiger partial charge in [0.25, 0.3) is 0 Å². The van der Waals surface area contributed by atoms with Gasteiger partial charge in [0, 0.05) is 0 Å². The molecular weight excluding hydrogens is 257 g/mol. The van der Waals surface area contributed by atoms with Crippen LogP contribution in [-0.4, -0.2) is 5.78 Å². The van der Waals surface area contributed by atoms with E-state index < -0.39 is 5.82 Å². The van der Waals surface area contributed by atoms with Crippen molar-refractivity contribution < 1.29 is 13.9 Å². The Hall–Kier alpha value is -2.67. The quantitative estimate of drug-likeness (QED) is 0.798. The molecule has 0 fully saturated rings. The largest absolute Gasteiger partial charge is 0.488 e. The SMILES string of the molecule is CC(=O)c1cc(F)ccc1OCc1ccc(C#N)cc1. The van der Waals surface area contributed by atoms with Gasteiger partial charge in [-0.05, 0) is 42.8 Å². The van der Waals surface area contributed by atoms with E-state index in [4.69, 9.17) is 10.00 Å². The summed E-state index contributed by atoms with van der Waals surface area (Å²) in [7, 11) is 0. The van der Waals surface area contributed by atoms with Crippen LogP contribution < -0.4 is 4.74 Å². The normalized spacial score (nSPS) is 9.85. The smallest absolute Gasteiger partial charge is 0.163 e. The minimum absolute atomic E-state index is 0.221. The van der Waals surface area contributed by atoms with E-state index in [9.17, 15) is 9.18 Å². The highest BCUT2D eigenvalue weighted by Crippen LogP contribution is 2.21. The minimum atomic E-state index is -0.471. The molecule has 0 aliphatic rings. The maximum atomic E-state index is 13.1. The van der Waals surface area contributed by atoms with Crippen LogP contribution in [0.3, 0.4) is 0 Å². The zero-order chi connectivity index (χ0) is 14.5. The van der Waals surface area contributed by atoms with E-state index in [0.29, 0.717) is 11.3 Å². The number of benzene rings is 2. The summed E-state index contributed by atoms with van der Waals surface area (Å²) >= 11 is 0. The molecule has 0 spiro atoms. The van der Waals surface area contributed by atoms with E-state index >= 15 is 0 Å². The van der Waals surface area contributed by atoms with Gasteiger partial charge in [-0.1, -0.05) is 12.1 Å². The molecule has 0 aliphatic carbocycles. The fraction of sp³-hybridized carbons (Fsp3) is 0.125. The van der Waals surface area contributed by atoms with Crippen LogP contribution in [0.15, 0.2) is 42.5 Å². The van der Waals surface area contributed by atoms with Gasteiger partial charge < -0.3 is 4.74 Å². The lowest BCUT2D eigenvalue weighted by atomic mass is 10.1. The van der Waals surface area contributed by atoms with Crippen molar-refractivity contribution in [2.24, 2.45) is 0 Å². The molecule has 0 aromatic heterocycles. The number of nitrogens with zero attached hydrogens (tertiary/aromatic N) is 1. The molecule has 2 aromatic rings. The third-order valence-corrected chi connectivity index (χ3v) is 2.80. The average molecular weight is 269 g/mol. The fourth-order valence-corrected chi connectivity index (χ4v) is 1.74. The molecular formula is C16H12FNO2. The first-order chi connectivity index (χ1) is 9.60. The van der Waals surface area contributed by atoms with Crippen molar-refractivity contribution in [3.8, 4) is 11.8 Å². The van der Waals surface area contributed by atoms with E-state index in [2.05, 4.69) is 0 Å². The van der Waals surface area contributed by atoms with Gasteiger partial charge >= 0.3 is 0 Å². The predicted molar refractivity (Wildman–Crippen MR) is 71.9 cm³/mol. The number of ketones is 1. The number of hydrogen-bond acceptors (Lipinski definition) is 3. The van der Waals surface area contributed by atoms with Crippen LogP contribution in [0, 0.1) is 17.1 Å². The molecule has 2 aromatic carbocycles. The van der Waals surface area contributed by atoms with Gasteiger partial charge in [-0.15, -0.1) is 0 Å². The van der Waals surface area contributed by atoms with E-state index in [1.807, 2.05) is 6.07 Å². The topological polar surface area (TPSA) is 50.1 Å². The van der Waals surface area contributed by atoms with Crippen molar-refractivity contribution in [1.29, 1.82) is 5.26 Å². The first-order valence-electron chi connectivity index (χ1n) is 6.02. The second-order valence-electron chi connectivity index (χ2n) is 4.29. The summed E-state index contributed by atoms with van der Waals surface area (Å²) in [5, 5.41) is 8.71. The molecule has 0 bridgehead atoms. The van der Waals surface area contributed by atoms with E-state index in [-0.39, 0.29) is 18.0 Å². The molecule has 100 valence electrons. The summed E-state index contributed by atoms with van der Waals surface area (Å²) < 4.78 is 18.7. The first kappa shape index (κ1) is 13.8. The lowest BCUT2D eigenvalue weighted by molar-refractivity contribution is 0.101. The monoisotopic (exact) mass is 269 g/mol. The number of Topliss-reactive ketones (excluding diaryl/α,β-unsaturated/α-hetero) is 1. The van der Waals surface area contributed by atoms with E-state index in [1.54, 1.807) is 24.3 Å². The number of nitriles is 1. The van der Waals surface area contributed by atoms with E-state index in [0.717, 1.165) is 11.6 Å². The Morgan fingerprint density at radius 3 is 2.55 bits per heavy atom. The molecule has 0 atom stereocenters. The molecule has 3 nitrogen and oxygen atoms in total. The molecule has 2 rings (SSSR count). The fourth-order valence-electron chi connectivity index (χ4n) is 1.74. The standard InChI is InChI=1S/C16H12FNO2/c1-11(19)15-8-14(17)6-7-16(15)20-10-13-4-2-12(9-18)3-5-13/h2-8H,10H2,1H3. The molecule has 0 saturated heterocycles. The van der Waals surface area contributed by atoms with Gasteiger partial charge in [-0.3, -0.25) is 4.79 Å². The lowest BCUT2D eigenvalue weighted by Gasteiger charge is -2.10. The molecule has 20 heavy (non-hydrogen) atoms. The number of carbonyl (C=O) groups excluding carboxylic acids is 1. The second kappa shape index (κ2) is 5.98. The maximum Gasteiger partial charge on any atom is 0.163 e. The molecule has 0 N–H and O–H groups in total. The Morgan fingerprint density at radius 2 is 1.95 bits per heavy atom. The van der Waals surface area contributed by atoms with Crippen molar-refractivity contribution in [2.75, 3.05) is 0 Å². The lowest BCUT2D eigenvalue weighted by Crippen LogP contribution is -2.02. The van der Waals surface area contributed by atoms with Crippen molar-refractivity contribution in [3.63, 3.8) is 0 Å². The zero-order valence-electron chi connectivity index (χ0n) is 10.9. The maximum absolute atomic E-state index is 13.1. The number of rotatable bonds is 4. The van der Waals surface area contributed by atoms with Gasteiger partial charge in [-0.2, -0.15) is 5.26 Å². The van der Waals surface area contributed by atoms with Gasteiger partial charge in [0.2, 0.25) is 0 Å². The Morgan fingerprint density at radius 1 is 1.25 bits per heavy atom. The Labute approximate surface area is 116 Å². The first-order valence-corrected chi connectivity index (χ1v) is 6.02. The third kappa shape index (κ3) is 3.21. The second-order valence-corrected chi connectivity index (χ2v) is 4.29. The molecule has 0 saturated carbocycles. The van der Waals surface area contributed by atoms with E-state index in [1.165, 1.54) is 19.1 Å². The number of ether oxygens (including phenoxy) is 1. The van der Waals surface area contributed by atoms with Crippen LogP contribution in [0.25, 0.3) is 0 Å². The van der Waals surface area contributed by atoms with Gasteiger partial charge in [-0.25, -0.2) is 4.39 Å². The van der Waals surface area contributed by atoms with Gasteiger partial charge in [0.15, 0.2) is 5.78 Å². The zero-order valence-corrected chi connectivity index (χ0v) is 10.9.